The van der Waals surface area contributed by atoms with E-state index >= 15 is 0 Å². The molecule has 0 atom stereocenters. The van der Waals surface area contributed by atoms with Crippen LogP contribution in [-0.4, -0.2) is 29.6 Å². The van der Waals surface area contributed by atoms with Crippen LogP contribution >= 0.6 is 0 Å². The molecule has 20 heavy (non-hydrogen) atoms. The molecule has 0 radical (unpaired) electrons. The number of halogens is 2. The maximum absolute atomic E-state index is 13.1. The lowest BCUT2D eigenvalue weighted by Crippen LogP contribution is -2.26. The molecular weight excluding hydrogens is 288 g/mol. The minimum atomic E-state index is -3.96. The van der Waals surface area contributed by atoms with Gasteiger partial charge in [-0.3, -0.25) is 4.68 Å². The molecule has 0 bridgehead atoms. The van der Waals surface area contributed by atoms with E-state index in [-0.39, 0.29) is 6.54 Å². The van der Waals surface area contributed by atoms with Crippen molar-refractivity contribution in [2.24, 2.45) is 7.05 Å². The molecule has 0 aliphatic carbocycles. The zero-order valence-electron chi connectivity index (χ0n) is 10.9. The number of nitrogens with zero attached hydrogens (tertiary/aromatic N) is 3. The summed E-state index contributed by atoms with van der Waals surface area (Å²) in [5, 5.41) is 3.93. The normalized spacial score (nSPS) is 12.1. The van der Waals surface area contributed by atoms with Crippen LogP contribution in [0.15, 0.2) is 35.5 Å². The molecule has 2 rings (SSSR count). The van der Waals surface area contributed by atoms with Crippen molar-refractivity contribution in [1.29, 1.82) is 0 Å². The maximum Gasteiger partial charge on any atom is 0.243 e. The van der Waals surface area contributed by atoms with Gasteiger partial charge in [-0.25, -0.2) is 17.2 Å². The Labute approximate surface area is 115 Å². The third-order valence-corrected chi connectivity index (χ3v) is 4.49. The summed E-state index contributed by atoms with van der Waals surface area (Å²) in [5.41, 5.74) is 0.676. The van der Waals surface area contributed by atoms with E-state index in [9.17, 15) is 17.2 Å². The summed E-state index contributed by atoms with van der Waals surface area (Å²) in [5.74, 6) is -1.86. The predicted molar refractivity (Wildman–Crippen MR) is 68.2 cm³/mol. The van der Waals surface area contributed by atoms with E-state index in [2.05, 4.69) is 5.10 Å². The summed E-state index contributed by atoms with van der Waals surface area (Å²) < 4.78 is 53.2. The molecule has 1 heterocycles. The van der Waals surface area contributed by atoms with Crippen molar-refractivity contribution >= 4 is 10.0 Å². The first-order valence-corrected chi connectivity index (χ1v) is 7.13. The van der Waals surface area contributed by atoms with Crippen molar-refractivity contribution < 1.29 is 17.2 Å². The van der Waals surface area contributed by atoms with Crippen LogP contribution in [0.1, 0.15) is 5.56 Å². The highest BCUT2D eigenvalue weighted by Gasteiger charge is 2.22. The zero-order chi connectivity index (χ0) is 14.9. The van der Waals surface area contributed by atoms with E-state index < -0.39 is 26.6 Å². The van der Waals surface area contributed by atoms with Gasteiger partial charge < -0.3 is 0 Å². The average Bonchev–Trinajstić information content (AvgIpc) is 2.73. The molecule has 5 nitrogen and oxygen atoms in total. The molecule has 0 saturated heterocycles. The van der Waals surface area contributed by atoms with Crippen LogP contribution in [0.25, 0.3) is 0 Å². The van der Waals surface area contributed by atoms with Crippen LogP contribution in [0.4, 0.5) is 8.78 Å². The molecule has 0 saturated carbocycles. The number of aryl methyl sites for hydroxylation is 1. The first-order chi connectivity index (χ1) is 9.29. The standard InChI is InChI=1S/C12H13F2N3O2S/c1-16-7-9(6-15-16)8-17(2)20(18,19)12-4-10(13)3-11(14)5-12/h3-7H,8H2,1-2H3. The molecule has 108 valence electrons. The highest BCUT2D eigenvalue weighted by atomic mass is 32.2. The van der Waals surface area contributed by atoms with E-state index in [1.54, 1.807) is 13.2 Å². The Hall–Kier alpha value is -1.80. The Morgan fingerprint density at radius 3 is 2.35 bits per heavy atom. The first-order valence-electron chi connectivity index (χ1n) is 5.69. The van der Waals surface area contributed by atoms with Crippen molar-refractivity contribution in [3.63, 3.8) is 0 Å². The quantitative estimate of drug-likeness (QED) is 0.860. The highest BCUT2D eigenvalue weighted by Crippen LogP contribution is 2.19. The molecule has 2 aromatic rings. The molecule has 1 aromatic heterocycles. The number of benzene rings is 1. The van der Waals surface area contributed by atoms with Crippen LogP contribution < -0.4 is 0 Å². The number of hydrogen-bond acceptors (Lipinski definition) is 3. The van der Waals surface area contributed by atoms with E-state index in [1.165, 1.54) is 17.9 Å². The van der Waals surface area contributed by atoms with Crippen molar-refractivity contribution in [3.8, 4) is 0 Å². The predicted octanol–water partition coefficient (Wildman–Crippen LogP) is 1.52. The maximum atomic E-state index is 13.1. The SMILES string of the molecule is CN(Cc1cnn(C)c1)S(=O)(=O)c1cc(F)cc(F)c1. The molecule has 0 spiro atoms. The Kier molecular flexibility index (Phi) is 3.87. The lowest BCUT2D eigenvalue weighted by atomic mass is 10.3. The minimum absolute atomic E-state index is 0.0638. The van der Waals surface area contributed by atoms with Gasteiger partial charge in [0.1, 0.15) is 11.6 Å². The van der Waals surface area contributed by atoms with Gasteiger partial charge in [0.05, 0.1) is 11.1 Å². The lowest BCUT2D eigenvalue weighted by molar-refractivity contribution is 0.464. The highest BCUT2D eigenvalue weighted by molar-refractivity contribution is 7.89. The Balaban J connectivity index is 2.29. The van der Waals surface area contributed by atoms with Crippen LogP contribution in [0.5, 0.6) is 0 Å². The van der Waals surface area contributed by atoms with Crippen LogP contribution in [0.3, 0.4) is 0 Å². The molecule has 0 aliphatic rings. The van der Waals surface area contributed by atoms with Gasteiger partial charge in [-0.1, -0.05) is 0 Å². The molecular formula is C12H13F2N3O2S. The van der Waals surface area contributed by atoms with Gasteiger partial charge in [0.25, 0.3) is 0 Å². The third kappa shape index (κ3) is 3.02. The first kappa shape index (κ1) is 14.6. The minimum Gasteiger partial charge on any atom is -0.275 e. The van der Waals surface area contributed by atoms with Gasteiger partial charge in [0, 0.05) is 38.5 Å². The molecule has 0 N–H and O–H groups in total. The smallest absolute Gasteiger partial charge is 0.243 e. The van der Waals surface area contributed by atoms with Gasteiger partial charge >= 0.3 is 0 Å². The monoisotopic (exact) mass is 301 g/mol. The molecule has 0 amide bonds. The van der Waals surface area contributed by atoms with Crippen LogP contribution in [0, 0.1) is 11.6 Å². The molecule has 8 heteroatoms. The van der Waals surface area contributed by atoms with Gasteiger partial charge in [-0.15, -0.1) is 0 Å². The summed E-state index contributed by atoms with van der Waals surface area (Å²) in [6, 6.07) is 2.20. The van der Waals surface area contributed by atoms with Crippen LogP contribution in [-0.2, 0) is 23.6 Å². The molecule has 0 unspecified atom stereocenters. The zero-order valence-corrected chi connectivity index (χ0v) is 11.7. The van der Waals surface area contributed by atoms with Crippen LogP contribution in [0.2, 0.25) is 0 Å². The molecule has 0 aliphatic heterocycles. The summed E-state index contributed by atoms with van der Waals surface area (Å²) in [7, 11) is -0.910. The third-order valence-electron chi connectivity index (χ3n) is 2.71. The van der Waals surface area contributed by atoms with Crippen molar-refractivity contribution in [3.05, 3.63) is 47.8 Å². The number of aromatic nitrogens is 2. The summed E-state index contributed by atoms with van der Waals surface area (Å²) >= 11 is 0. The Morgan fingerprint density at radius 1 is 1.25 bits per heavy atom. The molecule has 0 fully saturated rings. The summed E-state index contributed by atoms with van der Waals surface area (Å²) in [4.78, 5) is -0.415. The molecule has 1 aromatic carbocycles. The number of sulfonamides is 1. The second-order valence-electron chi connectivity index (χ2n) is 4.39. The Bertz CT molecular complexity index is 708. The summed E-state index contributed by atoms with van der Waals surface area (Å²) in [6.07, 6.45) is 3.19. The Morgan fingerprint density at radius 2 is 1.85 bits per heavy atom. The average molecular weight is 301 g/mol. The van der Waals surface area contributed by atoms with Gasteiger partial charge in [-0.2, -0.15) is 9.40 Å². The largest absolute Gasteiger partial charge is 0.275 e. The van der Waals surface area contributed by atoms with Gasteiger partial charge in [0.2, 0.25) is 10.0 Å². The second kappa shape index (κ2) is 5.29. The van der Waals surface area contributed by atoms with Gasteiger partial charge in [0.15, 0.2) is 0 Å². The van der Waals surface area contributed by atoms with Crippen molar-refractivity contribution in [2.75, 3.05) is 7.05 Å². The number of hydrogen-bond donors (Lipinski definition) is 0. The van der Waals surface area contributed by atoms with E-state index in [1.807, 2.05) is 0 Å². The van der Waals surface area contributed by atoms with E-state index in [4.69, 9.17) is 0 Å². The second-order valence-corrected chi connectivity index (χ2v) is 6.43. The summed E-state index contributed by atoms with van der Waals surface area (Å²) in [6.45, 7) is 0.0638. The fraction of sp³-hybridized carbons (Fsp3) is 0.250. The topological polar surface area (TPSA) is 55.2 Å². The fourth-order valence-corrected chi connectivity index (χ4v) is 2.95. The number of rotatable bonds is 4. The van der Waals surface area contributed by atoms with Gasteiger partial charge in [-0.05, 0) is 12.1 Å². The van der Waals surface area contributed by atoms with E-state index in [0.29, 0.717) is 11.6 Å². The van der Waals surface area contributed by atoms with Crippen molar-refractivity contribution in [1.82, 2.24) is 14.1 Å². The fourth-order valence-electron chi connectivity index (χ4n) is 1.75. The van der Waals surface area contributed by atoms with Crippen molar-refractivity contribution in [2.45, 2.75) is 11.4 Å². The lowest BCUT2D eigenvalue weighted by Gasteiger charge is -2.16. The van der Waals surface area contributed by atoms with E-state index in [0.717, 1.165) is 16.4 Å².